The van der Waals surface area contributed by atoms with Crippen molar-refractivity contribution in [3.63, 3.8) is 0 Å². The van der Waals surface area contributed by atoms with Crippen molar-refractivity contribution in [1.82, 2.24) is 5.32 Å². The fourth-order valence-corrected chi connectivity index (χ4v) is 2.93. The number of rotatable bonds is 8. The molecule has 0 radical (unpaired) electrons. The summed E-state index contributed by atoms with van der Waals surface area (Å²) < 4.78 is 0. The van der Waals surface area contributed by atoms with E-state index in [1.165, 1.54) is 10.5 Å². The molecule has 2 nitrogen and oxygen atoms in total. The largest absolute Gasteiger partial charge is 0.395 e. The lowest BCUT2D eigenvalue weighted by atomic mass is 10.0. The topological polar surface area (TPSA) is 32.3 Å². The molecule has 2 atom stereocenters. The highest BCUT2D eigenvalue weighted by atomic mass is 32.2. The summed E-state index contributed by atoms with van der Waals surface area (Å²) in [7, 11) is 0. The van der Waals surface area contributed by atoms with Crippen LogP contribution >= 0.6 is 11.8 Å². The smallest absolute Gasteiger partial charge is 0.0550 e. The SMILES string of the molecule is CCCNC(CC)c1ccccc1SC(C)CO. The average molecular weight is 267 g/mol. The monoisotopic (exact) mass is 267 g/mol. The minimum Gasteiger partial charge on any atom is -0.395 e. The minimum atomic E-state index is 0.220. The van der Waals surface area contributed by atoms with Gasteiger partial charge in [0.25, 0.3) is 0 Å². The summed E-state index contributed by atoms with van der Waals surface area (Å²) in [6.07, 6.45) is 2.24. The molecule has 0 amide bonds. The van der Waals surface area contributed by atoms with E-state index in [1.807, 2.05) is 0 Å². The molecule has 0 aliphatic carbocycles. The zero-order valence-electron chi connectivity index (χ0n) is 11.6. The van der Waals surface area contributed by atoms with Crippen molar-refractivity contribution in [2.24, 2.45) is 0 Å². The van der Waals surface area contributed by atoms with Crippen molar-refractivity contribution in [3.05, 3.63) is 29.8 Å². The molecule has 2 N–H and O–H groups in total. The highest BCUT2D eigenvalue weighted by molar-refractivity contribution is 8.00. The number of benzene rings is 1. The van der Waals surface area contributed by atoms with Gasteiger partial charge in [-0.15, -0.1) is 11.8 Å². The molecule has 0 fully saturated rings. The molecule has 1 aromatic carbocycles. The maximum atomic E-state index is 9.19. The van der Waals surface area contributed by atoms with Crippen molar-refractivity contribution in [3.8, 4) is 0 Å². The number of nitrogens with one attached hydrogen (secondary N) is 1. The van der Waals surface area contributed by atoms with E-state index in [-0.39, 0.29) is 11.9 Å². The van der Waals surface area contributed by atoms with Crippen molar-refractivity contribution in [2.75, 3.05) is 13.2 Å². The van der Waals surface area contributed by atoms with Gasteiger partial charge >= 0.3 is 0 Å². The quantitative estimate of drug-likeness (QED) is 0.706. The summed E-state index contributed by atoms with van der Waals surface area (Å²) in [4.78, 5) is 1.29. The molecule has 1 rings (SSSR count). The Labute approximate surface area is 115 Å². The molecule has 0 spiro atoms. The van der Waals surface area contributed by atoms with Crippen LogP contribution in [0.4, 0.5) is 0 Å². The third kappa shape index (κ3) is 4.63. The minimum absolute atomic E-state index is 0.220. The van der Waals surface area contributed by atoms with E-state index in [0.717, 1.165) is 19.4 Å². The van der Waals surface area contributed by atoms with E-state index in [1.54, 1.807) is 11.8 Å². The fraction of sp³-hybridized carbons (Fsp3) is 0.600. The Morgan fingerprint density at radius 1 is 1.28 bits per heavy atom. The molecule has 0 saturated carbocycles. The first-order valence-corrected chi connectivity index (χ1v) is 7.70. The summed E-state index contributed by atoms with van der Waals surface area (Å²) in [5, 5.41) is 13.0. The van der Waals surface area contributed by atoms with E-state index in [4.69, 9.17) is 0 Å². The van der Waals surface area contributed by atoms with Gasteiger partial charge in [-0.2, -0.15) is 0 Å². The second-order valence-corrected chi connectivity index (χ2v) is 6.04. The summed E-state index contributed by atoms with van der Waals surface area (Å²) in [6, 6.07) is 8.94. The molecule has 0 aliphatic rings. The predicted molar refractivity (Wildman–Crippen MR) is 80.2 cm³/mol. The van der Waals surface area contributed by atoms with E-state index >= 15 is 0 Å². The summed E-state index contributed by atoms with van der Waals surface area (Å²) in [5.74, 6) is 0. The lowest BCUT2D eigenvalue weighted by Gasteiger charge is -2.21. The van der Waals surface area contributed by atoms with Gasteiger partial charge in [0.1, 0.15) is 0 Å². The molecule has 102 valence electrons. The van der Waals surface area contributed by atoms with Gasteiger partial charge in [0, 0.05) is 16.2 Å². The lowest BCUT2D eigenvalue weighted by Crippen LogP contribution is -2.22. The number of hydrogen-bond acceptors (Lipinski definition) is 3. The maximum Gasteiger partial charge on any atom is 0.0550 e. The highest BCUT2D eigenvalue weighted by Crippen LogP contribution is 2.31. The van der Waals surface area contributed by atoms with Crippen LogP contribution in [0.15, 0.2) is 29.2 Å². The number of hydrogen-bond donors (Lipinski definition) is 2. The molecular weight excluding hydrogens is 242 g/mol. The Kier molecular flexibility index (Phi) is 7.40. The Hall–Kier alpha value is -0.510. The van der Waals surface area contributed by atoms with E-state index in [9.17, 15) is 5.11 Å². The molecule has 0 bridgehead atoms. The lowest BCUT2D eigenvalue weighted by molar-refractivity contribution is 0.300. The van der Waals surface area contributed by atoms with Gasteiger partial charge in [-0.1, -0.05) is 39.0 Å². The number of aliphatic hydroxyl groups is 1. The van der Waals surface area contributed by atoms with Crippen LogP contribution < -0.4 is 5.32 Å². The first-order chi connectivity index (χ1) is 8.72. The zero-order chi connectivity index (χ0) is 13.4. The Balaban J connectivity index is 2.84. The van der Waals surface area contributed by atoms with Crippen LogP contribution in [0.3, 0.4) is 0 Å². The summed E-state index contributed by atoms with van der Waals surface area (Å²) >= 11 is 1.76. The van der Waals surface area contributed by atoms with E-state index < -0.39 is 0 Å². The molecule has 18 heavy (non-hydrogen) atoms. The van der Waals surface area contributed by atoms with Crippen LogP contribution in [-0.4, -0.2) is 23.5 Å². The van der Waals surface area contributed by atoms with Crippen molar-refractivity contribution >= 4 is 11.8 Å². The summed E-state index contributed by atoms with van der Waals surface area (Å²) in [5.41, 5.74) is 1.36. The van der Waals surface area contributed by atoms with Crippen molar-refractivity contribution < 1.29 is 5.11 Å². The first kappa shape index (κ1) is 15.5. The normalized spacial score (nSPS) is 14.4. The maximum absolute atomic E-state index is 9.19. The number of thioether (sulfide) groups is 1. The highest BCUT2D eigenvalue weighted by Gasteiger charge is 2.14. The van der Waals surface area contributed by atoms with Crippen LogP contribution in [0.5, 0.6) is 0 Å². The zero-order valence-corrected chi connectivity index (χ0v) is 12.5. The molecule has 0 aromatic heterocycles. The van der Waals surface area contributed by atoms with Gasteiger partial charge in [0.05, 0.1) is 6.61 Å². The van der Waals surface area contributed by atoms with Gasteiger partial charge < -0.3 is 10.4 Å². The van der Waals surface area contributed by atoms with Gasteiger partial charge in [0.15, 0.2) is 0 Å². The third-order valence-electron chi connectivity index (χ3n) is 2.93. The van der Waals surface area contributed by atoms with E-state index in [2.05, 4.69) is 50.4 Å². The van der Waals surface area contributed by atoms with Crippen molar-refractivity contribution in [1.29, 1.82) is 0 Å². The molecule has 1 aromatic rings. The van der Waals surface area contributed by atoms with Gasteiger partial charge in [0.2, 0.25) is 0 Å². The van der Waals surface area contributed by atoms with Crippen LogP contribution in [0.2, 0.25) is 0 Å². The molecule has 0 heterocycles. The molecule has 2 unspecified atom stereocenters. The summed E-state index contributed by atoms with van der Waals surface area (Å²) in [6.45, 7) is 7.73. The van der Waals surface area contributed by atoms with Gasteiger partial charge in [-0.05, 0) is 31.0 Å². The molecule has 3 heteroatoms. The van der Waals surface area contributed by atoms with E-state index in [0.29, 0.717) is 6.04 Å². The second-order valence-electron chi connectivity index (χ2n) is 4.56. The predicted octanol–water partition coefficient (Wildman–Crippen LogP) is 3.61. The second kappa shape index (κ2) is 8.57. The number of aliphatic hydroxyl groups excluding tert-OH is 1. The molecule has 0 aliphatic heterocycles. The fourth-order valence-electron chi connectivity index (χ4n) is 1.92. The van der Waals surface area contributed by atoms with Gasteiger partial charge in [-0.3, -0.25) is 0 Å². The van der Waals surface area contributed by atoms with Crippen LogP contribution in [0.1, 0.15) is 45.2 Å². The Morgan fingerprint density at radius 3 is 2.61 bits per heavy atom. The third-order valence-corrected chi connectivity index (χ3v) is 4.11. The van der Waals surface area contributed by atoms with Gasteiger partial charge in [-0.25, -0.2) is 0 Å². The standard InChI is InChI=1S/C15H25NOS/c1-4-10-16-14(5-2)13-8-6-7-9-15(13)18-12(3)11-17/h6-9,12,14,16-17H,4-5,10-11H2,1-3H3. The average Bonchev–Trinajstić information content (AvgIpc) is 2.41. The van der Waals surface area contributed by atoms with Crippen LogP contribution in [0, 0.1) is 0 Å². The van der Waals surface area contributed by atoms with Crippen LogP contribution in [0.25, 0.3) is 0 Å². The Morgan fingerprint density at radius 2 is 2.00 bits per heavy atom. The first-order valence-electron chi connectivity index (χ1n) is 6.82. The molecular formula is C15H25NOS. The molecule has 0 saturated heterocycles. The van der Waals surface area contributed by atoms with Crippen molar-refractivity contribution in [2.45, 2.75) is 49.8 Å². The van der Waals surface area contributed by atoms with Crippen LogP contribution in [-0.2, 0) is 0 Å². The Bertz CT molecular complexity index is 343.